The van der Waals surface area contributed by atoms with E-state index in [2.05, 4.69) is 15.4 Å². The van der Waals surface area contributed by atoms with E-state index in [0.717, 1.165) is 18.2 Å². The van der Waals surface area contributed by atoms with Crippen LogP contribution in [0.1, 0.15) is 10.4 Å². The standard InChI is InChI=1S/C18H15F3N2O5/c19-11-5-7-12(8-6-11)23-15(24)9-22-16(25)10-27-17(26)13-3-1-2-4-14(13)28-18(20)21/h1-8,18H,9-10H2,(H,22,25)(H,23,24). The van der Waals surface area contributed by atoms with Gasteiger partial charge >= 0.3 is 12.6 Å². The van der Waals surface area contributed by atoms with Gasteiger partial charge in [-0.3, -0.25) is 9.59 Å². The summed E-state index contributed by atoms with van der Waals surface area (Å²) >= 11 is 0. The van der Waals surface area contributed by atoms with Crippen LogP contribution in [0.15, 0.2) is 48.5 Å². The summed E-state index contributed by atoms with van der Waals surface area (Å²) in [6, 6.07) is 10.2. The smallest absolute Gasteiger partial charge is 0.387 e. The van der Waals surface area contributed by atoms with Gasteiger partial charge in [0, 0.05) is 5.69 Å². The molecule has 0 heterocycles. The first-order valence-corrected chi connectivity index (χ1v) is 7.88. The van der Waals surface area contributed by atoms with Crippen molar-refractivity contribution in [2.45, 2.75) is 6.61 Å². The Morgan fingerprint density at radius 2 is 1.64 bits per heavy atom. The zero-order chi connectivity index (χ0) is 20.5. The average molecular weight is 396 g/mol. The van der Waals surface area contributed by atoms with E-state index in [1.165, 1.54) is 30.3 Å². The molecule has 0 spiro atoms. The number of alkyl halides is 2. The normalized spacial score (nSPS) is 10.3. The molecule has 2 aromatic carbocycles. The third-order valence-electron chi connectivity index (χ3n) is 3.23. The molecule has 2 rings (SSSR count). The van der Waals surface area contributed by atoms with E-state index in [-0.39, 0.29) is 11.3 Å². The number of esters is 1. The molecule has 0 saturated carbocycles. The van der Waals surface area contributed by atoms with Gasteiger partial charge in [0.15, 0.2) is 6.61 Å². The maximum atomic E-state index is 12.8. The molecule has 0 aliphatic heterocycles. The van der Waals surface area contributed by atoms with Crippen LogP contribution in [0.3, 0.4) is 0 Å². The second kappa shape index (κ2) is 9.95. The first-order valence-electron chi connectivity index (χ1n) is 7.88. The maximum Gasteiger partial charge on any atom is 0.387 e. The van der Waals surface area contributed by atoms with E-state index in [9.17, 15) is 27.6 Å². The number of benzene rings is 2. The molecule has 0 saturated heterocycles. The summed E-state index contributed by atoms with van der Waals surface area (Å²) in [6.45, 7) is -4.28. The van der Waals surface area contributed by atoms with E-state index in [0.29, 0.717) is 5.69 Å². The fourth-order valence-electron chi connectivity index (χ4n) is 2.01. The molecule has 0 unspecified atom stereocenters. The molecular formula is C18H15F3N2O5. The van der Waals surface area contributed by atoms with Crippen molar-refractivity contribution < 1.29 is 37.0 Å². The van der Waals surface area contributed by atoms with Crippen LogP contribution in [0.5, 0.6) is 5.75 Å². The number of nitrogens with one attached hydrogen (secondary N) is 2. The number of amides is 2. The van der Waals surface area contributed by atoms with E-state index in [1.54, 1.807) is 0 Å². The Bertz CT molecular complexity index is 843. The maximum absolute atomic E-state index is 12.8. The number of hydrogen-bond donors (Lipinski definition) is 2. The van der Waals surface area contributed by atoms with Gasteiger partial charge in [0.25, 0.3) is 5.91 Å². The minimum atomic E-state index is -3.13. The predicted octanol–water partition coefficient (Wildman–Crippen LogP) is 2.34. The van der Waals surface area contributed by atoms with Crippen molar-refractivity contribution in [2.75, 3.05) is 18.5 Å². The molecule has 2 N–H and O–H groups in total. The predicted molar refractivity (Wildman–Crippen MR) is 91.4 cm³/mol. The molecule has 148 valence electrons. The van der Waals surface area contributed by atoms with E-state index >= 15 is 0 Å². The molecule has 10 heteroatoms. The second-order valence-electron chi connectivity index (χ2n) is 5.28. The highest BCUT2D eigenvalue weighted by Crippen LogP contribution is 2.21. The number of hydrogen-bond acceptors (Lipinski definition) is 5. The summed E-state index contributed by atoms with van der Waals surface area (Å²) in [5.41, 5.74) is 0.0624. The Labute approximate surface area is 157 Å². The number of carbonyl (C=O) groups excluding carboxylic acids is 3. The fourth-order valence-corrected chi connectivity index (χ4v) is 2.01. The fraction of sp³-hybridized carbons (Fsp3) is 0.167. The molecule has 0 aliphatic carbocycles. The third kappa shape index (κ3) is 6.63. The summed E-state index contributed by atoms with van der Waals surface area (Å²) in [5.74, 6) is -3.26. The van der Waals surface area contributed by atoms with Crippen molar-refractivity contribution in [3.8, 4) is 5.75 Å². The number of rotatable bonds is 8. The van der Waals surface area contributed by atoms with Gasteiger partial charge in [-0.2, -0.15) is 8.78 Å². The lowest BCUT2D eigenvalue weighted by Gasteiger charge is -2.10. The van der Waals surface area contributed by atoms with Crippen molar-refractivity contribution in [1.29, 1.82) is 0 Å². The number of ether oxygens (including phenoxy) is 2. The number of halogens is 3. The van der Waals surface area contributed by atoms with Crippen LogP contribution in [0.2, 0.25) is 0 Å². The second-order valence-corrected chi connectivity index (χ2v) is 5.28. The van der Waals surface area contributed by atoms with Crippen molar-refractivity contribution >= 4 is 23.5 Å². The summed E-state index contributed by atoms with van der Waals surface area (Å²) in [7, 11) is 0. The topological polar surface area (TPSA) is 93.7 Å². The molecule has 0 bridgehead atoms. The summed E-state index contributed by atoms with van der Waals surface area (Å²) in [5, 5.41) is 4.64. The highest BCUT2D eigenvalue weighted by Gasteiger charge is 2.17. The highest BCUT2D eigenvalue weighted by molar-refractivity contribution is 5.96. The van der Waals surface area contributed by atoms with Crippen LogP contribution in [-0.4, -0.2) is 37.5 Å². The van der Waals surface area contributed by atoms with Gasteiger partial charge < -0.3 is 20.1 Å². The summed E-state index contributed by atoms with van der Waals surface area (Å²) < 4.78 is 46.4. The Morgan fingerprint density at radius 1 is 0.964 bits per heavy atom. The molecule has 28 heavy (non-hydrogen) atoms. The van der Waals surface area contributed by atoms with Gasteiger partial charge in [-0.05, 0) is 36.4 Å². The zero-order valence-electron chi connectivity index (χ0n) is 14.3. The average Bonchev–Trinajstić information content (AvgIpc) is 2.66. The van der Waals surface area contributed by atoms with Crippen LogP contribution >= 0.6 is 0 Å². The van der Waals surface area contributed by atoms with Gasteiger partial charge in [0.05, 0.1) is 6.54 Å². The Balaban J connectivity index is 1.78. The monoisotopic (exact) mass is 396 g/mol. The third-order valence-corrected chi connectivity index (χ3v) is 3.23. The Hall–Kier alpha value is -3.56. The van der Waals surface area contributed by atoms with Crippen LogP contribution in [0.25, 0.3) is 0 Å². The number of carbonyl (C=O) groups is 3. The SMILES string of the molecule is O=C(COC(=O)c1ccccc1OC(F)F)NCC(=O)Nc1ccc(F)cc1. The quantitative estimate of drug-likeness (QED) is 0.668. The lowest BCUT2D eigenvalue weighted by atomic mass is 10.2. The Kier molecular flexibility index (Phi) is 7.37. The largest absolute Gasteiger partial charge is 0.452 e. The van der Waals surface area contributed by atoms with Crippen LogP contribution in [0.4, 0.5) is 18.9 Å². The highest BCUT2D eigenvalue weighted by atomic mass is 19.3. The van der Waals surface area contributed by atoms with Gasteiger partial charge in [-0.25, -0.2) is 9.18 Å². The van der Waals surface area contributed by atoms with Gasteiger partial charge in [-0.15, -0.1) is 0 Å². The minimum absolute atomic E-state index is 0.273. The summed E-state index contributed by atoms with van der Waals surface area (Å²) in [6.07, 6.45) is 0. The molecule has 2 aromatic rings. The van der Waals surface area contributed by atoms with Crippen LogP contribution in [-0.2, 0) is 14.3 Å². The first kappa shape index (κ1) is 20.7. The molecular weight excluding hydrogens is 381 g/mol. The molecule has 0 fully saturated rings. The molecule has 7 nitrogen and oxygen atoms in total. The molecule has 0 aliphatic rings. The first-order chi connectivity index (χ1) is 13.3. The van der Waals surface area contributed by atoms with E-state index in [4.69, 9.17) is 4.74 Å². The van der Waals surface area contributed by atoms with Crippen molar-refractivity contribution in [2.24, 2.45) is 0 Å². The van der Waals surface area contributed by atoms with E-state index < -0.39 is 43.4 Å². The lowest BCUT2D eigenvalue weighted by molar-refractivity contribution is -0.126. The number of anilines is 1. The van der Waals surface area contributed by atoms with Crippen LogP contribution in [0, 0.1) is 5.82 Å². The van der Waals surface area contributed by atoms with Crippen molar-refractivity contribution in [3.05, 3.63) is 59.9 Å². The summed E-state index contributed by atoms with van der Waals surface area (Å²) in [4.78, 5) is 35.3. The van der Waals surface area contributed by atoms with Crippen molar-refractivity contribution in [3.63, 3.8) is 0 Å². The molecule has 0 atom stereocenters. The van der Waals surface area contributed by atoms with Crippen LogP contribution < -0.4 is 15.4 Å². The zero-order valence-corrected chi connectivity index (χ0v) is 14.3. The molecule has 0 aromatic heterocycles. The Morgan fingerprint density at radius 3 is 2.32 bits per heavy atom. The lowest BCUT2D eigenvalue weighted by Crippen LogP contribution is -2.35. The van der Waals surface area contributed by atoms with Gasteiger partial charge in [0.2, 0.25) is 5.91 Å². The minimum Gasteiger partial charge on any atom is -0.452 e. The van der Waals surface area contributed by atoms with Crippen molar-refractivity contribution in [1.82, 2.24) is 5.32 Å². The molecule has 0 radical (unpaired) electrons. The molecule has 2 amide bonds. The van der Waals surface area contributed by atoms with Gasteiger partial charge in [-0.1, -0.05) is 12.1 Å². The van der Waals surface area contributed by atoms with E-state index in [1.807, 2.05) is 0 Å². The number of para-hydroxylation sites is 1. The van der Waals surface area contributed by atoms with Gasteiger partial charge in [0.1, 0.15) is 17.1 Å².